The summed E-state index contributed by atoms with van der Waals surface area (Å²) in [4.78, 5) is 27.0. The molecule has 1 aromatic heterocycles. The molecule has 0 aromatic carbocycles. The Morgan fingerprint density at radius 3 is 2.39 bits per heavy atom. The second-order valence-electron chi connectivity index (χ2n) is 10.4. The number of ether oxygens (including phenoxy) is 3. The fourth-order valence-electron chi connectivity index (χ4n) is 3.55. The third-order valence-electron chi connectivity index (χ3n) is 4.79. The number of aryl methyl sites for hydroxylation is 1. The summed E-state index contributed by atoms with van der Waals surface area (Å²) in [6.45, 7) is 13.1. The van der Waals surface area contributed by atoms with Gasteiger partial charge in [-0.2, -0.15) is 4.98 Å². The number of hydrogen-bond donors (Lipinski definition) is 2. The van der Waals surface area contributed by atoms with Crippen LogP contribution in [-0.2, 0) is 27.8 Å². The quantitative estimate of drug-likeness (QED) is 0.391. The largest absolute Gasteiger partial charge is 0.473 e. The maximum atomic E-state index is 12.9. The van der Waals surface area contributed by atoms with Crippen LogP contribution in [0.4, 0.5) is 5.82 Å². The lowest BCUT2D eigenvalue weighted by atomic mass is 9.87. The molecule has 1 aliphatic rings. The van der Waals surface area contributed by atoms with Crippen molar-refractivity contribution in [1.29, 1.82) is 0 Å². The standard InChI is InChI=1S/C21H38N3O8P/c1-13-12-24(19(25)23-17(13)22)18-16(29-10-9-28-8)15(14(30-18)11-20(2,3)4)31-33(26,27)32-21(5,6)7/h12,14-16,18H,9-11H2,1-8H3,(H,26,27)(H2,22,23,25)/t14-,15+,16?,18-/m1/s1. The molecule has 0 spiro atoms. The van der Waals surface area contributed by atoms with Crippen LogP contribution < -0.4 is 11.4 Å². The number of rotatable bonds is 9. The van der Waals surface area contributed by atoms with Crippen molar-refractivity contribution < 1.29 is 32.7 Å². The molecule has 190 valence electrons. The molecule has 2 unspecified atom stereocenters. The predicted octanol–water partition coefficient (Wildman–Crippen LogP) is 2.80. The van der Waals surface area contributed by atoms with Crippen LogP contribution in [0.15, 0.2) is 11.0 Å². The van der Waals surface area contributed by atoms with Crippen LogP contribution in [0.25, 0.3) is 0 Å². The molecular weight excluding hydrogens is 453 g/mol. The number of aromatic nitrogens is 2. The van der Waals surface area contributed by atoms with Crippen molar-refractivity contribution in [2.24, 2.45) is 5.41 Å². The van der Waals surface area contributed by atoms with Crippen molar-refractivity contribution >= 4 is 13.6 Å². The number of anilines is 1. The summed E-state index contributed by atoms with van der Waals surface area (Å²) in [6, 6.07) is 0. The van der Waals surface area contributed by atoms with Gasteiger partial charge in [0.1, 0.15) is 18.0 Å². The molecule has 3 N–H and O–H groups in total. The topological polar surface area (TPSA) is 144 Å². The molecule has 1 aliphatic heterocycles. The second-order valence-corrected chi connectivity index (χ2v) is 11.7. The molecule has 2 heterocycles. The van der Waals surface area contributed by atoms with Gasteiger partial charge >= 0.3 is 13.5 Å². The summed E-state index contributed by atoms with van der Waals surface area (Å²) in [6.07, 6.45) is -1.57. The van der Waals surface area contributed by atoms with Gasteiger partial charge in [0.25, 0.3) is 0 Å². The Bertz CT molecular complexity index is 908. The zero-order valence-electron chi connectivity index (χ0n) is 20.7. The van der Waals surface area contributed by atoms with Gasteiger partial charge in [0.05, 0.1) is 24.9 Å². The SMILES string of the molecule is COCCOC1[C@@H](OP(=O)(O)OC(C)(C)C)[C@@H](CC(C)(C)C)O[C@H]1n1cc(C)c(N)nc1=O. The average Bonchev–Trinajstić information content (AvgIpc) is 2.91. The first kappa shape index (κ1) is 27.9. The third-order valence-corrected chi connectivity index (χ3v) is 6.08. The molecule has 5 atom stereocenters. The van der Waals surface area contributed by atoms with Gasteiger partial charge in [0.2, 0.25) is 0 Å². The lowest BCUT2D eigenvalue weighted by molar-refractivity contribution is -0.0816. The number of nitrogens with two attached hydrogens (primary N) is 1. The van der Waals surface area contributed by atoms with Crippen LogP contribution in [0.3, 0.4) is 0 Å². The Balaban J connectivity index is 2.50. The number of hydrogen-bond acceptors (Lipinski definition) is 9. The zero-order valence-corrected chi connectivity index (χ0v) is 21.6. The molecule has 0 aliphatic carbocycles. The van der Waals surface area contributed by atoms with Crippen LogP contribution in [-0.4, -0.2) is 58.7 Å². The van der Waals surface area contributed by atoms with Crippen molar-refractivity contribution in [3.05, 3.63) is 22.2 Å². The van der Waals surface area contributed by atoms with Crippen molar-refractivity contribution in [1.82, 2.24) is 9.55 Å². The Morgan fingerprint density at radius 2 is 1.85 bits per heavy atom. The van der Waals surface area contributed by atoms with E-state index >= 15 is 0 Å². The third kappa shape index (κ3) is 8.13. The second kappa shape index (κ2) is 10.5. The van der Waals surface area contributed by atoms with Crippen LogP contribution in [0, 0.1) is 12.3 Å². The minimum absolute atomic E-state index is 0.114. The molecule has 2 rings (SSSR count). The van der Waals surface area contributed by atoms with E-state index in [1.165, 1.54) is 17.9 Å². The number of methoxy groups -OCH3 is 1. The summed E-state index contributed by atoms with van der Waals surface area (Å²) in [5, 5.41) is 0. The van der Waals surface area contributed by atoms with Gasteiger partial charge in [-0.05, 0) is 39.5 Å². The lowest BCUT2D eigenvalue weighted by Gasteiger charge is -2.31. The number of phosphoric ester groups is 1. The van der Waals surface area contributed by atoms with Crippen molar-refractivity contribution in [3.63, 3.8) is 0 Å². The Morgan fingerprint density at radius 1 is 1.21 bits per heavy atom. The summed E-state index contributed by atoms with van der Waals surface area (Å²) in [5.74, 6) is 0.114. The van der Waals surface area contributed by atoms with E-state index in [0.717, 1.165) is 0 Å². The van der Waals surface area contributed by atoms with Gasteiger partial charge in [-0.3, -0.25) is 13.6 Å². The lowest BCUT2D eigenvalue weighted by Crippen LogP contribution is -2.40. The average molecular weight is 492 g/mol. The highest BCUT2D eigenvalue weighted by atomic mass is 31.2. The Hall–Kier alpha value is -1.33. The van der Waals surface area contributed by atoms with Crippen LogP contribution in [0.5, 0.6) is 0 Å². The molecule has 0 bridgehead atoms. The summed E-state index contributed by atoms with van der Waals surface area (Å²) in [5.41, 5.74) is 4.58. The van der Waals surface area contributed by atoms with E-state index in [0.29, 0.717) is 12.0 Å². The maximum Gasteiger partial charge on any atom is 0.473 e. The van der Waals surface area contributed by atoms with Crippen molar-refractivity contribution in [2.45, 2.75) is 85.0 Å². The van der Waals surface area contributed by atoms with E-state index < -0.39 is 43.7 Å². The van der Waals surface area contributed by atoms with Gasteiger partial charge in [-0.15, -0.1) is 0 Å². The van der Waals surface area contributed by atoms with Gasteiger partial charge in [-0.1, -0.05) is 20.8 Å². The van der Waals surface area contributed by atoms with Crippen LogP contribution >= 0.6 is 7.82 Å². The summed E-state index contributed by atoms with van der Waals surface area (Å²) in [7, 11) is -2.98. The van der Waals surface area contributed by atoms with E-state index in [2.05, 4.69) is 4.98 Å². The molecule has 0 radical (unpaired) electrons. The number of phosphoric acid groups is 1. The highest BCUT2D eigenvalue weighted by molar-refractivity contribution is 7.47. The first-order valence-electron chi connectivity index (χ1n) is 10.9. The minimum atomic E-state index is -4.50. The molecule has 1 fully saturated rings. The van der Waals surface area contributed by atoms with E-state index in [9.17, 15) is 14.3 Å². The summed E-state index contributed by atoms with van der Waals surface area (Å²) < 4.78 is 42.4. The fourth-order valence-corrected chi connectivity index (χ4v) is 4.85. The van der Waals surface area contributed by atoms with Crippen molar-refractivity contribution in [3.8, 4) is 0 Å². The Labute approximate surface area is 195 Å². The molecule has 12 heteroatoms. The zero-order chi connectivity index (χ0) is 25.2. The van der Waals surface area contributed by atoms with Gasteiger partial charge < -0.3 is 24.8 Å². The van der Waals surface area contributed by atoms with Gasteiger partial charge in [0.15, 0.2) is 6.23 Å². The first-order valence-corrected chi connectivity index (χ1v) is 12.4. The minimum Gasteiger partial charge on any atom is -0.383 e. The van der Waals surface area contributed by atoms with Crippen LogP contribution in [0.1, 0.15) is 59.8 Å². The monoisotopic (exact) mass is 491 g/mol. The van der Waals surface area contributed by atoms with E-state index in [4.69, 9.17) is 29.0 Å². The molecule has 1 aromatic rings. The first-order chi connectivity index (χ1) is 15.0. The normalized spacial score (nSPS) is 25.8. The maximum absolute atomic E-state index is 12.9. The molecule has 0 saturated carbocycles. The van der Waals surface area contributed by atoms with Crippen LogP contribution in [0.2, 0.25) is 0 Å². The van der Waals surface area contributed by atoms with E-state index in [1.807, 2.05) is 20.8 Å². The highest BCUT2D eigenvalue weighted by Gasteiger charge is 2.51. The molecule has 1 saturated heterocycles. The Kier molecular flexibility index (Phi) is 8.89. The molecule has 0 amide bonds. The molecule has 33 heavy (non-hydrogen) atoms. The highest BCUT2D eigenvalue weighted by Crippen LogP contribution is 2.52. The van der Waals surface area contributed by atoms with Gasteiger partial charge in [-0.25, -0.2) is 9.36 Å². The number of nitrogens with zero attached hydrogens (tertiary/aromatic N) is 2. The van der Waals surface area contributed by atoms with E-state index in [1.54, 1.807) is 27.7 Å². The number of nitrogen functional groups attached to an aromatic ring is 1. The van der Waals surface area contributed by atoms with Crippen molar-refractivity contribution in [2.75, 3.05) is 26.1 Å². The smallest absolute Gasteiger partial charge is 0.383 e. The van der Waals surface area contributed by atoms with E-state index in [-0.39, 0.29) is 24.4 Å². The predicted molar refractivity (Wildman–Crippen MR) is 123 cm³/mol. The van der Waals surface area contributed by atoms with Gasteiger partial charge in [0, 0.05) is 18.9 Å². The fraction of sp³-hybridized carbons (Fsp3) is 0.810. The summed E-state index contributed by atoms with van der Waals surface area (Å²) >= 11 is 0. The molecular formula is C21H38N3O8P. The molecule has 11 nitrogen and oxygen atoms in total.